The van der Waals surface area contributed by atoms with Gasteiger partial charge in [0.1, 0.15) is 6.04 Å². The first kappa shape index (κ1) is 14.3. The van der Waals surface area contributed by atoms with Gasteiger partial charge in [-0.2, -0.15) is 0 Å². The molecule has 1 aliphatic rings. The summed E-state index contributed by atoms with van der Waals surface area (Å²) < 4.78 is 0. The Morgan fingerprint density at radius 1 is 1.41 bits per heavy atom. The van der Waals surface area contributed by atoms with E-state index in [1.165, 1.54) is 0 Å². The summed E-state index contributed by atoms with van der Waals surface area (Å²) in [6, 6.07) is 5.25. The average molecular weight is 301 g/mol. The maximum Gasteiger partial charge on any atom is 0.327 e. The fraction of sp³-hybridized carbons (Fsp3) is 0.267. The number of nitrogens with one attached hydrogen (secondary N) is 1. The Hall–Kier alpha value is -2.67. The van der Waals surface area contributed by atoms with Gasteiger partial charge in [-0.05, 0) is 11.6 Å². The summed E-state index contributed by atoms with van der Waals surface area (Å²) in [5, 5.41) is 10.3. The number of benzene rings is 1. The average Bonchev–Trinajstić information content (AvgIpc) is 2.99. The second-order valence-electron chi connectivity index (χ2n) is 5.33. The fourth-order valence-electron chi connectivity index (χ4n) is 2.80. The van der Waals surface area contributed by atoms with E-state index < -0.39 is 29.9 Å². The lowest BCUT2D eigenvalue weighted by Gasteiger charge is -2.22. The Labute approximate surface area is 125 Å². The van der Waals surface area contributed by atoms with Gasteiger partial charge in [0.15, 0.2) is 0 Å². The molecule has 1 fully saturated rings. The summed E-state index contributed by atoms with van der Waals surface area (Å²) in [5.41, 5.74) is 7.16. The van der Waals surface area contributed by atoms with Crippen LogP contribution in [0.15, 0.2) is 30.5 Å². The fourth-order valence-corrected chi connectivity index (χ4v) is 2.80. The van der Waals surface area contributed by atoms with Crippen molar-refractivity contribution in [3.8, 4) is 0 Å². The van der Waals surface area contributed by atoms with Crippen LogP contribution in [0.2, 0.25) is 0 Å². The third kappa shape index (κ3) is 2.25. The van der Waals surface area contributed by atoms with Crippen molar-refractivity contribution in [1.29, 1.82) is 0 Å². The number of nitrogens with zero attached hydrogens (tertiary/aromatic N) is 1. The molecule has 1 aromatic carbocycles. The number of carboxylic acids is 1. The number of rotatable bonds is 4. The topological polar surface area (TPSA) is 116 Å². The Bertz CT molecular complexity index is 767. The molecule has 7 heteroatoms. The molecule has 114 valence electrons. The monoisotopic (exact) mass is 301 g/mol. The molecule has 0 spiro atoms. The normalized spacial score (nSPS) is 19.9. The van der Waals surface area contributed by atoms with E-state index in [1.807, 2.05) is 24.3 Å². The van der Waals surface area contributed by atoms with Crippen LogP contribution in [-0.2, 0) is 20.8 Å². The number of hydrogen-bond donors (Lipinski definition) is 3. The van der Waals surface area contributed by atoms with Crippen molar-refractivity contribution < 1.29 is 19.5 Å². The lowest BCUT2D eigenvalue weighted by atomic mass is 10.0. The summed E-state index contributed by atoms with van der Waals surface area (Å²) >= 11 is 0. The van der Waals surface area contributed by atoms with Gasteiger partial charge in [-0.25, -0.2) is 4.79 Å². The largest absolute Gasteiger partial charge is 0.480 e. The number of carbonyl (C=O) groups excluding carboxylic acids is 2. The van der Waals surface area contributed by atoms with Crippen LogP contribution in [0.3, 0.4) is 0 Å². The Balaban J connectivity index is 1.94. The third-order valence-electron chi connectivity index (χ3n) is 3.90. The zero-order valence-corrected chi connectivity index (χ0v) is 11.7. The van der Waals surface area contributed by atoms with Gasteiger partial charge in [0, 0.05) is 23.5 Å². The summed E-state index contributed by atoms with van der Waals surface area (Å²) in [7, 11) is 0. The molecule has 1 saturated heterocycles. The lowest BCUT2D eigenvalue weighted by molar-refractivity contribution is -0.154. The molecule has 22 heavy (non-hydrogen) atoms. The number of aromatic nitrogens is 1. The number of aliphatic carboxylic acids is 1. The minimum atomic E-state index is -1.24. The van der Waals surface area contributed by atoms with Crippen LogP contribution in [0.4, 0.5) is 0 Å². The predicted octanol–water partition coefficient (Wildman–Crippen LogP) is 0.250. The summed E-state index contributed by atoms with van der Waals surface area (Å²) in [5.74, 6) is -2.39. The number of carboxylic acid groups (broad SMARTS) is 1. The highest BCUT2D eigenvalue weighted by atomic mass is 16.4. The highest BCUT2D eigenvalue weighted by Crippen LogP contribution is 2.23. The van der Waals surface area contributed by atoms with Crippen molar-refractivity contribution in [2.45, 2.75) is 24.9 Å². The number of H-pyrrole nitrogens is 1. The van der Waals surface area contributed by atoms with Crippen LogP contribution < -0.4 is 5.73 Å². The summed E-state index contributed by atoms with van der Waals surface area (Å²) in [6.45, 7) is 0. The molecule has 2 aromatic rings. The van der Waals surface area contributed by atoms with E-state index in [-0.39, 0.29) is 12.8 Å². The zero-order valence-electron chi connectivity index (χ0n) is 11.7. The lowest BCUT2D eigenvalue weighted by Crippen LogP contribution is -2.47. The van der Waals surface area contributed by atoms with E-state index in [0.29, 0.717) is 0 Å². The van der Waals surface area contributed by atoms with Crippen LogP contribution in [-0.4, -0.2) is 44.9 Å². The van der Waals surface area contributed by atoms with Crippen molar-refractivity contribution in [3.05, 3.63) is 36.0 Å². The quantitative estimate of drug-likeness (QED) is 0.700. The molecular formula is C15H15N3O4. The van der Waals surface area contributed by atoms with E-state index in [0.717, 1.165) is 21.4 Å². The van der Waals surface area contributed by atoms with Gasteiger partial charge in [-0.3, -0.25) is 14.5 Å². The van der Waals surface area contributed by atoms with Crippen LogP contribution in [0.1, 0.15) is 12.0 Å². The molecule has 0 bridgehead atoms. The second kappa shape index (κ2) is 5.27. The van der Waals surface area contributed by atoms with Gasteiger partial charge in [0.05, 0.1) is 12.5 Å². The first-order valence-corrected chi connectivity index (χ1v) is 6.88. The van der Waals surface area contributed by atoms with Gasteiger partial charge in [-0.15, -0.1) is 0 Å². The molecule has 1 aromatic heterocycles. The minimum Gasteiger partial charge on any atom is -0.480 e. The number of nitrogens with two attached hydrogens (primary N) is 1. The minimum absolute atomic E-state index is 0.0452. The smallest absolute Gasteiger partial charge is 0.327 e. The molecule has 2 atom stereocenters. The Morgan fingerprint density at radius 3 is 2.77 bits per heavy atom. The molecule has 0 unspecified atom stereocenters. The molecule has 1 aliphatic heterocycles. The highest BCUT2D eigenvalue weighted by molar-refractivity contribution is 6.08. The van der Waals surface area contributed by atoms with Crippen molar-refractivity contribution in [3.63, 3.8) is 0 Å². The number of aromatic amines is 1. The summed E-state index contributed by atoms with van der Waals surface area (Å²) in [6.07, 6.45) is 1.60. The molecular weight excluding hydrogens is 286 g/mol. The highest BCUT2D eigenvalue weighted by Gasteiger charge is 2.43. The van der Waals surface area contributed by atoms with Crippen LogP contribution >= 0.6 is 0 Å². The van der Waals surface area contributed by atoms with Crippen molar-refractivity contribution in [2.24, 2.45) is 5.73 Å². The number of hydrogen-bond acceptors (Lipinski definition) is 4. The van der Waals surface area contributed by atoms with Gasteiger partial charge < -0.3 is 15.8 Å². The number of fused-ring (bicyclic) bond motifs is 1. The van der Waals surface area contributed by atoms with E-state index >= 15 is 0 Å². The van der Waals surface area contributed by atoms with Crippen LogP contribution in [0.5, 0.6) is 0 Å². The van der Waals surface area contributed by atoms with Gasteiger partial charge >= 0.3 is 5.97 Å². The predicted molar refractivity (Wildman–Crippen MR) is 77.9 cm³/mol. The van der Waals surface area contributed by atoms with Gasteiger partial charge in [0.2, 0.25) is 11.8 Å². The van der Waals surface area contributed by atoms with E-state index in [4.69, 9.17) is 5.73 Å². The molecule has 7 nitrogen and oxygen atoms in total. The zero-order chi connectivity index (χ0) is 15.9. The first-order valence-electron chi connectivity index (χ1n) is 6.88. The third-order valence-corrected chi connectivity index (χ3v) is 3.90. The van der Waals surface area contributed by atoms with Crippen molar-refractivity contribution in [1.82, 2.24) is 9.88 Å². The molecule has 4 N–H and O–H groups in total. The number of carbonyl (C=O) groups is 3. The van der Waals surface area contributed by atoms with Crippen LogP contribution in [0, 0.1) is 0 Å². The Kier molecular flexibility index (Phi) is 3.42. The van der Waals surface area contributed by atoms with Gasteiger partial charge in [-0.1, -0.05) is 18.2 Å². The van der Waals surface area contributed by atoms with Crippen molar-refractivity contribution in [2.75, 3.05) is 0 Å². The van der Waals surface area contributed by atoms with Crippen LogP contribution in [0.25, 0.3) is 10.9 Å². The summed E-state index contributed by atoms with van der Waals surface area (Å²) in [4.78, 5) is 39.2. The maximum atomic E-state index is 12.0. The molecule has 0 aliphatic carbocycles. The first-order chi connectivity index (χ1) is 10.5. The number of amides is 2. The van der Waals surface area contributed by atoms with E-state index in [1.54, 1.807) is 6.20 Å². The SMILES string of the molecule is N[C@@H]1CC(=O)N([C@@H](Cc2c[nH]c3ccccc23)C(=O)O)C1=O. The maximum absolute atomic E-state index is 12.0. The molecule has 3 rings (SSSR count). The molecule has 0 radical (unpaired) electrons. The molecule has 2 amide bonds. The Morgan fingerprint density at radius 2 is 2.14 bits per heavy atom. The van der Waals surface area contributed by atoms with Crippen molar-refractivity contribution >= 4 is 28.7 Å². The van der Waals surface area contributed by atoms with E-state index in [2.05, 4.69) is 4.98 Å². The number of imide groups is 1. The standard InChI is InChI=1S/C15H15N3O4/c16-10-6-13(19)18(14(10)20)12(15(21)22)5-8-7-17-11-4-2-1-3-9(8)11/h1-4,7,10,12,17H,5-6,16H2,(H,21,22)/t10-,12+/m1/s1. The number of likely N-dealkylation sites (tertiary alicyclic amines) is 1. The van der Waals surface area contributed by atoms with E-state index in [9.17, 15) is 19.5 Å². The molecule has 2 heterocycles. The second-order valence-corrected chi connectivity index (χ2v) is 5.33. The molecule has 0 saturated carbocycles. The number of para-hydroxylation sites is 1. The van der Waals surface area contributed by atoms with Gasteiger partial charge in [0.25, 0.3) is 0 Å².